The Morgan fingerprint density at radius 1 is 1.23 bits per heavy atom. The van der Waals surface area contributed by atoms with E-state index in [0.717, 1.165) is 17.7 Å². The number of aromatic nitrogens is 2. The number of carbonyl (C=O) groups is 1. The molecule has 0 aliphatic rings. The predicted octanol–water partition coefficient (Wildman–Crippen LogP) is 2.93. The zero-order valence-electron chi connectivity index (χ0n) is 13.3. The monoisotopic (exact) mass is 298 g/mol. The molecular formula is C17H22N4O. The van der Waals surface area contributed by atoms with Crippen LogP contribution in [0.4, 0.5) is 5.95 Å². The van der Waals surface area contributed by atoms with E-state index in [9.17, 15) is 4.79 Å². The number of nitrogens with zero attached hydrogens (tertiary/aromatic N) is 2. The minimum Gasteiger partial charge on any atom is -0.350 e. The molecule has 1 heterocycles. The molecule has 116 valence electrons. The van der Waals surface area contributed by atoms with Gasteiger partial charge in [-0.3, -0.25) is 4.79 Å². The van der Waals surface area contributed by atoms with Gasteiger partial charge < -0.3 is 10.6 Å². The number of aryl methyl sites for hydroxylation is 1. The van der Waals surface area contributed by atoms with E-state index in [0.29, 0.717) is 18.2 Å². The van der Waals surface area contributed by atoms with Crippen molar-refractivity contribution in [1.82, 2.24) is 15.3 Å². The SMILES string of the molecule is CCC(C)NC(=O)c1cc(C)nc(NCc2ccccc2)n1. The second-order valence-electron chi connectivity index (χ2n) is 5.34. The van der Waals surface area contributed by atoms with Crippen molar-refractivity contribution in [2.45, 2.75) is 39.8 Å². The molecule has 0 saturated carbocycles. The Morgan fingerprint density at radius 2 is 1.95 bits per heavy atom. The molecule has 0 spiro atoms. The molecule has 2 aromatic rings. The van der Waals surface area contributed by atoms with E-state index in [1.165, 1.54) is 0 Å². The number of benzene rings is 1. The van der Waals surface area contributed by atoms with Gasteiger partial charge in [0.05, 0.1) is 0 Å². The van der Waals surface area contributed by atoms with Crippen molar-refractivity contribution >= 4 is 11.9 Å². The number of hydrogen-bond donors (Lipinski definition) is 2. The first-order valence-electron chi connectivity index (χ1n) is 7.53. The van der Waals surface area contributed by atoms with Crippen molar-refractivity contribution < 1.29 is 4.79 Å². The maximum atomic E-state index is 12.2. The van der Waals surface area contributed by atoms with Gasteiger partial charge in [0, 0.05) is 18.3 Å². The first-order chi connectivity index (χ1) is 10.6. The summed E-state index contributed by atoms with van der Waals surface area (Å²) in [7, 11) is 0. The number of carbonyl (C=O) groups excluding carboxylic acids is 1. The van der Waals surface area contributed by atoms with Gasteiger partial charge >= 0.3 is 0 Å². The summed E-state index contributed by atoms with van der Waals surface area (Å²) >= 11 is 0. The van der Waals surface area contributed by atoms with Gasteiger partial charge in [0.2, 0.25) is 5.95 Å². The first-order valence-corrected chi connectivity index (χ1v) is 7.53. The first kappa shape index (κ1) is 15.9. The number of hydrogen-bond acceptors (Lipinski definition) is 4. The number of amides is 1. The molecule has 1 aromatic heterocycles. The molecule has 22 heavy (non-hydrogen) atoms. The molecule has 5 nitrogen and oxygen atoms in total. The average Bonchev–Trinajstić information content (AvgIpc) is 2.53. The molecule has 1 aromatic carbocycles. The van der Waals surface area contributed by atoms with Gasteiger partial charge in [0.15, 0.2) is 0 Å². The van der Waals surface area contributed by atoms with Crippen LogP contribution in [0.25, 0.3) is 0 Å². The van der Waals surface area contributed by atoms with Crippen molar-refractivity contribution in [3.63, 3.8) is 0 Å². The number of rotatable bonds is 6. The van der Waals surface area contributed by atoms with Crippen molar-refractivity contribution in [3.05, 3.63) is 53.3 Å². The molecule has 1 amide bonds. The van der Waals surface area contributed by atoms with Gasteiger partial charge in [-0.15, -0.1) is 0 Å². The Bertz CT molecular complexity index is 628. The van der Waals surface area contributed by atoms with Crippen LogP contribution in [0.1, 0.15) is 42.0 Å². The summed E-state index contributed by atoms with van der Waals surface area (Å²) in [5.74, 6) is 0.306. The zero-order chi connectivity index (χ0) is 15.9. The highest BCUT2D eigenvalue weighted by Crippen LogP contribution is 2.08. The van der Waals surface area contributed by atoms with Crippen LogP contribution in [0, 0.1) is 6.92 Å². The smallest absolute Gasteiger partial charge is 0.270 e. The fraction of sp³-hybridized carbons (Fsp3) is 0.353. The van der Waals surface area contributed by atoms with Crippen molar-refractivity contribution in [2.75, 3.05) is 5.32 Å². The van der Waals surface area contributed by atoms with E-state index in [-0.39, 0.29) is 11.9 Å². The normalized spacial score (nSPS) is 11.8. The highest BCUT2D eigenvalue weighted by Gasteiger charge is 2.12. The maximum absolute atomic E-state index is 12.2. The fourth-order valence-electron chi connectivity index (χ4n) is 1.94. The topological polar surface area (TPSA) is 66.9 Å². The van der Waals surface area contributed by atoms with Gasteiger partial charge in [-0.2, -0.15) is 0 Å². The summed E-state index contributed by atoms with van der Waals surface area (Å²) in [4.78, 5) is 20.8. The quantitative estimate of drug-likeness (QED) is 0.860. The summed E-state index contributed by atoms with van der Waals surface area (Å²) in [6.07, 6.45) is 0.884. The lowest BCUT2D eigenvalue weighted by Gasteiger charge is -2.12. The Labute approximate surface area is 131 Å². The van der Waals surface area contributed by atoms with E-state index in [2.05, 4.69) is 20.6 Å². The molecule has 0 aliphatic carbocycles. The molecule has 0 bridgehead atoms. The summed E-state index contributed by atoms with van der Waals surface area (Å²) in [6.45, 7) is 6.48. The third-order valence-electron chi connectivity index (χ3n) is 3.37. The predicted molar refractivity (Wildman–Crippen MR) is 87.8 cm³/mol. The van der Waals surface area contributed by atoms with Crippen molar-refractivity contribution in [3.8, 4) is 0 Å². The van der Waals surface area contributed by atoms with E-state index in [4.69, 9.17) is 0 Å². The van der Waals surface area contributed by atoms with E-state index >= 15 is 0 Å². The van der Waals surface area contributed by atoms with Crippen LogP contribution in [-0.4, -0.2) is 21.9 Å². The van der Waals surface area contributed by atoms with Gasteiger partial charge in [0.1, 0.15) is 5.69 Å². The van der Waals surface area contributed by atoms with Crippen LogP contribution in [0.3, 0.4) is 0 Å². The molecule has 5 heteroatoms. The molecule has 0 saturated heterocycles. The van der Waals surface area contributed by atoms with E-state index in [1.54, 1.807) is 6.07 Å². The van der Waals surface area contributed by atoms with Crippen LogP contribution >= 0.6 is 0 Å². The standard InChI is InChI=1S/C17H22N4O/c1-4-12(2)19-16(22)15-10-13(3)20-17(21-15)18-11-14-8-6-5-7-9-14/h5-10,12H,4,11H2,1-3H3,(H,19,22)(H,18,20,21). The molecule has 0 fully saturated rings. The van der Waals surface area contributed by atoms with E-state index < -0.39 is 0 Å². The maximum Gasteiger partial charge on any atom is 0.270 e. The molecule has 0 radical (unpaired) electrons. The van der Waals surface area contributed by atoms with Crippen LogP contribution < -0.4 is 10.6 Å². The molecule has 2 N–H and O–H groups in total. The second kappa shape index (κ2) is 7.54. The van der Waals surface area contributed by atoms with Crippen molar-refractivity contribution in [2.24, 2.45) is 0 Å². The molecule has 1 atom stereocenters. The van der Waals surface area contributed by atoms with Gasteiger partial charge in [-0.05, 0) is 31.9 Å². The third kappa shape index (κ3) is 4.55. The molecule has 1 unspecified atom stereocenters. The Kier molecular flexibility index (Phi) is 5.47. The Morgan fingerprint density at radius 3 is 2.64 bits per heavy atom. The molecular weight excluding hydrogens is 276 g/mol. The second-order valence-corrected chi connectivity index (χ2v) is 5.34. The number of nitrogens with one attached hydrogen (secondary N) is 2. The fourth-order valence-corrected chi connectivity index (χ4v) is 1.94. The minimum absolute atomic E-state index is 0.128. The highest BCUT2D eigenvalue weighted by molar-refractivity contribution is 5.92. The average molecular weight is 298 g/mol. The Balaban J connectivity index is 2.08. The van der Waals surface area contributed by atoms with E-state index in [1.807, 2.05) is 51.1 Å². The zero-order valence-corrected chi connectivity index (χ0v) is 13.3. The lowest BCUT2D eigenvalue weighted by Crippen LogP contribution is -2.32. The summed E-state index contributed by atoms with van der Waals surface area (Å²) < 4.78 is 0. The van der Waals surface area contributed by atoms with Crippen LogP contribution in [0.2, 0.25) is 0 Å². The summed E-state index contributed by atoms with van der Waals surface area (Å²) in [6, 6.07) is 11.8. The third-order valence-corrected chi connectivity index (χ3v) is 3.37. The molecule has 2 rings (SSSR count). The largest absolute Gasteiger partial charge is 0.350 e. The van der Waals surface area contributed by atoms with Crippen LogP contribution in [-0.2, 0) is 6.54 Å². The minimum atomic E-state index is -0.164. The lowest BCUT2D eigenvalue weighted by atomic mass is 10.2. The highest BCUT2D eigenvalue weighted by atomic mass is 16.1. The number of anilines is 1. The summed E-state index contributed by atoms with van der Waals surface area (Å²) in [5.41, 5.74) is 2.29. The summed E-state index contributed by atoms with van der Waals surface area (Å²) in [5, 5.41) is 6.08. The lowest BCUT2D eigenvalue weighted by molar-refractivity contribution is 0.0934. The van der Waals surface area contributed by atoms with Gasteiger partial charge in [0.25, 0.3) is 5.91 Å². The Hall–Kier alpha value is -2.43. The molecule has 0 aliphatic heterocycles. The van der Waals surface area contributed by atoms with Crippen LogP contribution in [0.15, 0.2) is 36.4 Å². The van der Waals surface area contributed by atoms with Gasteiger partial charge in [-0.25, -0.2) is 9.97 Å². The van der Waals surface area contributed by atoms with Gasteiger partial charge in [-0.1, -0.05) is 37.3 Å². The van der Waals surface area contributed by atoms with Crippen LogP contribution in [0.5, 0.6) is 0 Å². The van der Waals surface area contributed by atoms with Crippen molar-refractivity contribution in [1.29, 1.82) is 0 Å².